The van der Waals surface area contributed by atoms with Gasteiger partial charge in [-0.15, -0.1) is 0 Å². The summed E-state index contributed by atoms with van der Waals surface area (Å²) >= 11 is 0. The molecule has 1 amide bonds. The van der Waals surface area contributed by atoms with Crippen LogP contribution in [0.3, 0.4) is 0 Å². The zero-order valence-corrected chi connectivity index (χ0v) is 22.3. The molecule has 0 saturated carbocycles. The lowest BCUT2D eigenvalue weighted by molar-refractivity contribution is 0.102. The minimum atomic E-state index is -0.525. The lowest BCUT2D eigenvalue weighted by atomic mass is 10.0. The van der Waals surface area contributed by atoms with Crippen molar-refractivity contribution in [3.63, 3.8) is 0 Å². The number of aromatic nitrogens is 4. The first-order valence-electron chi connectivity index (χ1n) is 12.6. The summed E-state index contributed by atoms with van der Waals surface area (Å²) in [6.45, 7) is 3.72. The van der Waals surface area contributed by atoms with Crippen LogP contribution >= 0.6 is 0 Å². The van der Waals surface area contributed by atoms with Crippen molar-refractivity contribution in [1.29, 1.82) is 0 Å². The van der Waals surface area contributed by atoms with Gasteiger partial charge in [0.15, 0.2) is 5.82 Å². The normalized spacial score (nSPS) is 14.3. The summed E-state index contributed by atoms with van der Waals surface area (Å²) in [5.74, 6) is -0.558. The van der Waals surface area contributed by atoms with Crippen molar-refractivity contribution >= 4 is 28.2 Å². The van der Waals surface area contributed by atoms with Gasteiger partial charge in [-0.05, 0) is 64.2 Å². The van der Waals surface area contributed by atoms with Crippen molar-refractivity contribution in [2.45, 2.75) is 25.8 Å². The van der Waals surface area contributed by atoms with Gasteiger partial charge in [0.1, 0.15) is 17.3 Å². The molecule has 4 aromatic rings. The predicted molar refractivity (Wildman–Crippen MR) is 146 cm³/mol. The van der Waals surface area contributed by atoms with E-state index in [0.29, 0.717) is 17.5 Å². The first-order chi connectivity index (χ1) is 18.3. The van der Waals surface area contributed by atoms with Crippen molar-refractivity contribution in [1.82, 2.24) is 24.6 Å². The Balaban J connectivity index is 1.51. The Hall–Kier alpha value is -4.05. The molecule has 1 saturated heterocycles. The molecule has 0 aliphatic carbocycles. The molecule has 0 atom stereocenters. The summed E-state index contributed by atoms with van der Waals surface area (Å²) in [6, 6.07) is 10.4. The number of carbonyl (C=O) groups is 1. The average molecular weight is 518 g/mol. The van der Waals surface area contributed by atoms with Gasteiger partial charge >= 0.3 is 0 Å². The van der Waals surface area contributed by atoms with Gasteiger partial charge in [0, 0.05) is 37.8 Å². The SMILES string of the molecule is COc1cccc(F)c1-c1nccc(C(=O)Nc2ccc3c(c(C)nn3C)c2N2CCC(N(C)C)CC2)n1. The molecule has 2 aromatic heterocycles. The fourth-order valence-corrected chi connectivity index (χ4v) is 5.25. The van der Waals surface area contributed by atoms with Gasteiger partial charge < -0.3 is 19.9 Å². The summed E-state index contributed by atoms with van der Waals surface area (Å²) < 4.78 is 21.8. The fourth-order valence-electron chi connectivity index (χ4n) is 5.25. The van der Waals surface area contributed by atoms with Crippen LogP contribution in [0.25, 0.3) is 22.3 Å². The highest BCUT2D eigenvalue weighted by Gasteiger charge is 2.26. The standard InChI is InChI=1S/C28H32FN7O2/c1-17-24-22(35(4)33-17)10-9-20(26(24)36-15-12-18(13-16-36)34(2)3)32-28(37)21-11-14-30-27(31-21)25-19(29)7-6-8-23(25)38-5/h6-11,14,18H,12-13,15-16H2,1-5H3,(H,32,37). The van der Waals surface area contributed by atoms with E-state index in [0.717, 1.165) is 48.2 Å². The van der Waals surface area contributed by atoms with Crippen LogP contribution in [0.1, 0.15) is 29.0 Å². The van der Waals surface area contributed by atoms with Gasteiger partial charge in [-0.2, -0.15) is 5.10 Å². The maximum atomic E-state index is 14.6. The van der Waals surface area contributed by atoms with Crippen molar-refractivity contribution in [2.24, 2.45) is 7.05 Å². The molecular weight excluding hydrogens is 485 g/mol. The lowest BCUT2D eigenvalue weighted by Gasteiger charge is -2.37. The van der Waals surface area contributed by atoms with Gasteiger partial charge in [0.2, 0.25) is 0 Å². The van der Waals surface area contributed by atoms with Crippen LogP contribution in [0.15, 0.2) is 42.6 Å². The molecule has 5 rings (SSSR count). The van der Waals surface area contributed by atoms with Crippen LogP contribution in [0.2, 0.25) is 0 Å². The summed E-state index contributed by atoms with van der Waals surface area (Å²) in [6.07, 6.45) is 3.50. The van der Waals surface area contributed by atoms with Crippen LogP contribution < -0.4 is 15.0 Å². The number of hydrogen-bond donors (Lipinski definition) is 1. The number of methoxy groups -OCH3 is 1. The Labute approximate surface area is 221 Å². The molecule has 1 aliphatic heterocycles. The number of carbonyl (C=O) groups excluding carboxylic acids is 1. The lowest BCUT2D eigenvalue weighted by Crippen LogP contribution is -2.42. The van der Waals surface area contributed by atoms with E-state index in [9.17, 15) is 9.18 Å². The number of ether oxygens (including phenoxy) is 1. The topological polar surface area (TPSA) is 88.4 Å². The Bertz CT molecular complexity index is 1490. The molecule has 0 bridgehead atoms. The van der Waals surface area contributed by atoms with Gasteiger partial charge in [-0.25, -0.2) is 14.4 Å². The minimum absolute atomic E-state index is 0.0807. The Morgan fingerprint density at radius 1 is 1.16 bits per heavy atom. The third-order valence-electron chi connectivity index (χ3n) is 7.23. The second kappa shape index (κ2) is 10.4. The molecule has 9 nitrogen and oxygen atoms in total. The van der Waals surface area contributed by atoms with Crippen molar-refractivity contribution in [3.05, 3.63) is 59.8 Å². The molecule has 1 N–H and O–H groups in total. The largest absolute Gasteiger partial charge is 0.496 e. The van der Waals surface area contributed by atoms with E-state index in [-0.39, 0.29) is 17.1 Å². The number of anilines is 2. The summed E-state index contributed by atoms with van der Waals surface area (Å²) in [5.41, 5.74) is 3.79. The van der Waals surface area contributed by atoms with E-state index in [1.165, 1.54) is 25.4 Å². The molecule has 0 unspecified atom stereocenters. The monoisotopic (exact) mass is 517 g/mol. The van der Waals surface area contributed by atoms with Gasteiger partial charge in [-0.1, -0.05) is 6.07 Å². The first-order valence-corrected chi connectivity index (χ1v) is 12.6. The molecule has 0 radical (unpaired) electrons. The molecule has 1 aliphatic rings. The van der Waals surface area contributed by atoms with E-state index >= 15 is 0 Å². The molecule has 1 fully saturated rings. The van der Waals surface area contributed by atoms with Crippen LogP contribution in [0.5, 0.6) is 5.75 Å². The highest BCUT2D eigenvalue weighted by Crippen LogP contribution is 2.38. The third-order valence-corrected chi connectivity index (χ3v) is 7.23. The Morgan fingerprint density at radius 2 is 1.92 bits per heavy atom. The smallest absolute Gasteiger partial charge is 0.274 e. The van der Waals surface area contributed by atoms with Crippen LogP contribution in [-0.2, 0) is 7.05 Å². The van der Waals surface area contributed by atoms with Gasteiger partial charge in [-0.3, -0.25) is 9.48 Å². The fraction of sp³-hybridized carbons (Fsp3) is 0.357. The van der Waals surface area contributed by atoms with E-state index < -0.39 is 11.7 Å². The number of fused-ring (bicyclic) bond motifs is 1. The second-order valence-electron chi connectivity index (χ2n) is 9.78. The zero-order valence-electron chi connectivity index (χ0n) is 22.3. The van der Waals surface area contributed by atoms with Crippen LogP contribution in [0, 0.1) is 12.7 Å². The molecule has 2 aromatic carbocycles. The summed E-state index contributed by atoms with van der Waals surface area (Å²) in [4.78, 5) is 26.7. The van der Waals surface area contributed by atoms with Crippen molar-refractivity contribution in [2.75, 3.05) is 44.5 Å². The molecule has 0 spiro atoms. The molecular formula is C28H32FN7O2. The number of halogens is 1. The Morgan fingerprint density at radius 3 is 2.63 bits per heavy atom. The number of rotatable bonds is 6. The van der Waals surface area contributed by atoms with E-state index in [2.05, 4.69) is 44.3 Å². The summed E-state index contributed by atoms with van der Waals surface area (Å²) in [7, 11) is 7.61. The average Bonchev–Trinajstić information content (AvgIpc) is 3.21. The quantitative estimate of drug-likeness (QED) is 0.409. The third kappa shape index (κ3) is 4.67. The van der Waals surface area contributed by atoms with E-state index in [1.807, 2.05) is 30.8 Å². The minimum Gasteiger partial charge on any atom is -0.496 e. The highest BCUT2D eigenvalue weighted by atomic mass is 19.1. The van der Waals surface area contributed by atoms with E-state index in [4.69, 9.17) is 4.74 Å². The van der Waals surface area contributed by atoms with Crippen LogP contribution in [-0.4, -0.2) is 70.9 Å². The molecule has 38 heavy (non-hydrogen) atoms. The highest BCUT2D eigenvalue weighted by molar-refractivity contribution is 6.09. The maximum absolute atomic E-state index is 14.6. The number of nitrogens with one attached hydrogen (secondary N) is 1. The summed E-state index contributed by atoms with van der Waals surface area (Å²) in [5, 5.41) is 8.72. The van der Waals surface area contributed by atoms with Crippen molar-refractivity contribution in [3.8, 4) is 17.1 Å². The predicted octanol–water partition coefficient (Wildman–Crippen LogP) is 4.27. The molecule has 3 heterocycles. The first kappa shape index (κ1) is 25.6. The number of amides is 1. The number of nitrogens with zero attached hydrogens (tertiary/aromatic N) is 6. The van der Waals surface area contributed by atoms with E-state index in [1.54, 1.807) is 12.1 Å². The number of benzene rings is 2. The zero-order chi connectivity index (χ0) is 27.0. The number of hydrogen-bond acceptors (Lipinski definition) is 7. The molecule has 10 heteroatoms. The van der Waals surface area contributed by atoms with Crippen molar-refractivity contribution < 1.29 is 13.9 Å². The maximum Gasteiger partial charge on any atom is 0.274 e. The van der Waals surface area contributed by atoms with Crippen LogP contribution in [0.4, 0.5) is 15.8 Å². The Kier molecular flexibility index (Phi) is 6.98. The van der Waals surface area contributed by atoms with Gasteiger partial charge in [0.05, 0.1) is 35.3 Å². The second-order valence-corrected chi connectivity index (χ2v) is 9.78. The number of aryl methyl sites for hydroxylation is 2. The van der Waals surface area contributed by atoms with Gasteiger partial charge in [0.25, 0.3) is 5.91 Å². The molecule has 198 valence electrons. The number of piperidine rings is 1.